The highest BCUT2D eigenvalue weighted by Crippen LogP contribution is 2.10. The number of rotatable bonds is 5. The van der Waals surface area contributed by atoms with E-state index >= 15 is 0 Å². The van der Waals surface area contributed by atoms with Gasteiger partial charge >= 0.3 is 0 Å². The molecule has 0 radical (unpaired) electrons. The molecule has 0 saturated carbocycles. The molecule has 0 aromatic carbocycles. The van der Waals surface area contributed by atoms with Gasteiger partial charge in [-0.05, 0) is 26.0 Å². The molecule has 0 amide bonds. The highest BCUT2D eigenvalue weighted by atomic mass is 16.5. The lowest BCUT2D eigenvalue weighted by molar-refractivity contribution is 0.325. The van der Waals surface area contributed by atoms with E-state index in [-0.39, 0.29) is 6.04 Å². The number of ether oxygens (including phenoxy) is 1. The molecule has 0 aliphatic heterocycles. The quantitative estimate of drug-likeness (QED) is 0.605. The van der Waals surface area contributed by atoms with Gasteiger partial charge in [-0.25, -0.2) is 0 Å². The monoisotopic (exact) mass is 218 g/mol. The van der Waals surface area contributed by atoms with E-state index in [0.29, 0.717) is 6.61 Å². The van der Waals surface area contributed by atoms with Crippen molar-refractivity contribution in [3.05, 3.63) is 24.0 Å². The maximum Gasteiger partial charge on any atom is 0.137 e. The molecule has 0 aliphatic carbocycles. The number of pyridine rings is 1. The summed E-state index contributed by atoms with van der Waals surface area (Å²) >= 11 is 0. The number of hydrogen-bond acceptors (Lipinski definition) is 3. The summed E-state index contributed by atoms with van der Waals surface area (Å²) in [5.41, 5.74) is 6.69. The Labute approximate surface area is 97.0 Å². The molecule has 1 unspecified atom stereocenters. The van der Waals surface area contributed by atoms with Crippen molar-refractivity contribution in [2.24, 2.45) is 5.73 Å². The number of nitrogens with zero attached hydrogens (tertiary/aromatic N) is 1. The van der Waals surface area contributed by atoms with Gasteiger partial charge in [-0.3, -0.25) is 4.98 Å². The molecule has 1 rings (SSSR count). The van der Waals surface area contributed by atoms with Crippen LogP contribution in [-0.4, -0.2) is 17.6 Å². The van der Waals surface area contributed by atoms with E-state index in [1.165, 1.54) is 0 Å². The van der Waals surface area contributed by atoms with Crippen molar-refractivity contribution in [2.75, 3.05) is 6.61 Å². The van der Waals surface area contributed by atoms with Crippen LogP contribution in [0.15, 0.2) is 18.3 Å². The van der Waals surface area contributed by atoms with E-state index < -0.39 is 0 Å². The summed E-state index contributed by atoms with van der Waals surface area (Å²) in [6, 6.07) is 4.01. The summed E-state index contributed by atoms with van der Waals surface area (Å²) in [5, 5.41) is 0. The third kappa shape index (κ3) is 4.81. The molecule has 0 spiro atoms. The highest BCUT2D eigenvalue weighted by Gasteiger charge is 1.99. The Hall–Kier alpha value is -1.53. The largest absolute Gasteiger partial charge is 0.491 e. The minimum absolute atomic E-state index is 0.138. The van der Waals surface area contributed by atoms with Gasteiger partial charge in [-0.1, -0.05) is 0 Å². The summed E-state index contributed by atoms with van der Waals surface area (Å²) in [6.45, 7) is 4.40. The summed E-state index contributed by atoms with van der Waals surface area (Å²) in [5.74, 6) is 6.55. The zero-order valence-corrected chi connectivity index (χ0v) is 9.86. The van der Waals surface area contributed by atoms with Gasteiger partial charge in [0.05, 0.1) is 12.8 Å². The van der Waals surface area contributed by atoms with Crippen molar-refractivity contribution in [3.63, 3.8) is 0 Å². The molecule has 1 heterocycles. The highest BCUT2D eigenvalue weighted by molar-refractivity contribution is 5.20. The van der Waals surface area contributed by atoms with Crippen LogP contribution in [0.4, 0.5) is 0 Å². The van der Waals surface area contributed by atoms with Crippen molar-refractivity contribution < 1.29 is 4.74 Å². The fourth-order valence-electron chi connectivity index (χ4n) is 1.29. The molecule has 0 fully saturated rings. The standard InChI is InChI=1S/C13H18N2O/c1-3-4-5-8-16-13-7-6-12(15-10-13)9-11(2)14/h6-7,10-11H,5,8-9,14H2,1-2H3. The average Bonchev–Trinajstić information content (AvgIpc) is 2.26. The first-order valence-electron chi connectivity index (χ1n) is 5.45. The average molecular weight is 218 g/mol. The minimum Gasteiger partial charge on any atom is -0.491 e. The number of hydrogen-bond donors (Lipinski definition) is 1. The van der Waals surface area contributed by atoms with Crippen molar-refractivity contribution in [1.29, 1.82) is 0 Å². The molecule has 86 valence electrons. The zero-order chi connectivity index (χ0) is 11.8. The van der Waals surface area contributed by atoms with Gasteiger partial charge in [-0.15, -0.1) is 11.8 Å². The molecular weight excluding hydrogens is 200 g/mol. The van der Waals surface area contributed by atoms with Gasteiger partial charge in [0.25, 0.3) is 0 Å². The normalized spacial score (nSPS) is 11.4. The van der Waals surface area contributed by atoms with Crippen molar-refractivity contribution in [3.8, 4) is 17.6 Å². The first kappa shape index (κ1) is 12.5. The first-order valence-corrected chi connectivity index (χ1v) is 5.45. The van der Waals surface area contributed by atoms with Crippen LogP contribution in [0, 0.1) is 11.8 Å². The molecule has 0 saturated heterocycles. The van der Waals surface area contributed by atoms with E-state index in [1.807, 2.05) is 26.0 Å². The number of nitrogens with two attached hydrogens (primary N) is 1. The molecule has 1 aromatic heterocycles. The first-order chi connectivity index (χ1) is 7.72. The van der Waals surface area contributed by atoms with Crippen LogP contribution >= 0.6 is 0 Å². The van der Waals surface area contributed by atoms with Crippen molar-refractivity contribution in [1.82, 2.24) is 4.98 Å². The Morgan fingerprint density at radius 3 is 2.88 bits per heavy atom. The van der Waals surface area contributed by atoms with E-state index in [1.54, 1.807) is 6.20 Å². The fraction of sp³-hybridized carbons (Fsp3) is 0.462. The fourth-order valence-corrected chi connectivity index (χ4v) is 1.29. The van der Waals surface area contributed by atoms with Gasteiger partial charge in [0.15, 0.2) is 0 Å². The zero-order valence-electron chi connectivity index (χ0n) is 9.86. The lowest BCUT2D eigenvalue weighted by atomic mass is 10.2. The maximum atomic E-state index is 5.69. The summed E-state index contributed by atoms with van der Waals surface area (Å²) < 4.78 is 5.47. The molecule has 2 N–H and O–H groups in total. The molecule has 0 aliphatic rings. The lowest BCUT2D eigenvalue weighted by Crippen LogP contribution is -2.18. The molecule has 3 nitrogen and oxygen atoms in total. The van der Waals surface area contributed by atoms with Gasteiger partial charge in [-0.2, -0.15) is 0 Å². The Kier molecular flexibility index (Phi) is 5.38. The Bertz CT molecular complexity index is 360. The third-order valence-electron chi connectivity index (χ3n) is 2.00. The van der Waals surface area contributed by atoms with E-state index in [4.69, 9.17) is 10.5 Å². The van der Waals surface area contributed by atoms with E-state index in [2.05, 4.69) is 16.8 Å². The van der Waals surface area contributed by atoms with Crippen LogP contribution in [0.1, 0.15) is 26.0 Å². The van der Waals surface area contributed by atoms with Gasteiger partial charge < -0.3 is 10.5 Å². The summed E-state index contributed by atoms with van der Waals surface area (Å²) in [6.07, 6.45) is 3.27. The van der Waals surface area contributed by atoms with Gasteiger partial charge in [0.2, 0.25) is 0 Å². The van der Waals surface area contributed by atoms with Crippen LogP contribution in [0.3, 0.4) is 0 Å². The van der Waals surface area contributed by atoms with E-state index in [0.717, 1.165) is 24.3 Å². The van der Waals surface area contributed by atoms with Crippen LogP contribution in [0.25, 0.3) is 0 Å². The minimum atomic E-state index is 0.138. The lowest BCUT2D eigenvalue weighted by Gasteiger charge is -2.06. The molecule has 1 atom stereocenters. The maximum absolute atomic E-state index is 5.69. The topological polar surface area (TPSA) is 48.1 Å². The molecule has 3 heteroatoms. The predicted molar refractivity (Wildman–Crippen MR) is 65.2 cm³/mol. The van der Waals surface area contributed by atoms with Crippen LogP contribution in [0.5, 0.6) is 5.75 Å². The smallest absolute Gasteiger partial charge is 0.137 e. The van der Waals surface area contributed by atoms with Crippen molar-refractivity contribution >= 4 is 0 Å². The van der Waals surface area contributed by atoms with Crippen LogP contribution < -0.4 is 10.5 Å². The third-order valence-corrected chi connectivity index (χ3v) is 2.00. The molecule has 0 bridgehead atoms. The summed E-state index contributed by atoms with van der Waals surface area (Å²) in [4.78, 5) is 4.28. The SMILES string of the molecule is CC#CCCOc1ccc(CC(C)N)nc1. The van der Waals surface area contributed by atoms with Crippen LogP contribution in [0.2, 0.25) is 0 Å². The predicted octanol–water partition coefficient (Wildman–Crippen LogP) is 1.76. The Balaban J connectivity index is 2.41. The van der Waals surface area contributed by atoms with E-state index in [9.17, 15) is 0 Å². The van der Waals surface area contributed by atoms with Gasteiger partial charge in [0.1, 0.15) is 5.75 Å². The molecular formula is C13H18N2O. The Morgan fingerprint density at radius 2 is 2.31 bits per heavy atom. The molecule has 16 heavy (non-hydrogen) atoms. The second-order valence-electron chi connectivity index (χ2n) is 3.69. The van der Waals surface area contributed by atoms with Gasteiger partial charge in [0, 0.05) is 24.6 Å². The van der Waals surface area contributed by atoms with Crippen LogP contribution in [-0.2, 0) is 6.42 Å². The second kappa shape index (κ2) is 6.86. The molecule has 1 aromatic rings. The number of aromatic nitrogens is 1. The Morgan fingerprint density at radius 1 is 1.50 bits per heavy atom. The summed E-state index contributed by atoms with van der Waals surface area (Å²) in [7, 11) is 0. The second-order valence-corrected chi connectivity index (χ2v) is 3.69. The van der Waals surface area contributed by atoms with Crippen molar-refractivity contribution in [2.45, 2.75) is 32.7 Å².